The minimum absolute atomic E-state index is 0.532. The molecule has 0 aromatic carbocycles. The second-order valence-corrected chi connectivity index (χ2v) is 5.26. The van der Waals surface area contributed by atoms with Gasteiger partial charge in [0, 0.05) is 25.7 Å². The topological polar surface area (TPSA) is 24.5 Å². The first kappa shape index (κ1) is 10.1. The first-order valence-corrected chi connectivity index (χ1v) is 6.50. The molecule has 3 unspecified atom stereocenters. The molecule has 0 aromatic heterocycles. The smallest absolute Gasteiger partial charge is 0.0702 e. The average Bonchev–Trinajstić information content (AvgIpc) is 2.87. The Balaban J connectivity index is 1.59. The van der Waals surface area contributed by atoms with Crippen molar-refractivity contribution in [3.8, 4) is 0 Å². The summed E-state index contributed by atoms with van der Waals surface area (Å²) in [5, 5.41) is 3.54. The predicted molar refractivity (Wildman–Crippen MR) is 59.9 cm³/mol. The van der Waals surface area contributed by atoms with Gasteiger partial charge in [0.15, 0.2) is 0 Å². The normalized spacial score (nSPS) is 42.0. The van der Waals surface area contributed by atoms with Gasteiger partial charge in [0.2, 0.25) is 0 Å². The van der Waals surface area contributed by atoms with Crippen LogP contribution in [0.5, 0.6) is 0 Å². The maximum absolute atomic E-state index is 5.74. The van der Waals surface area contributed by atoms with E-state index in [-0.39, 0.29) is 0 Å². The van der Waals surface area contributed by atoms with Gasteiger partial charge >= 0.3 is 0 Å². The summed E-state index contributed by atoms with van der Waals surface area (Å²) in [6.07, 6.45) is 5.89. The van der Waals surface area contributed by atoms with E-state index in [0.29, 0.717) is 6.10 Å². The number of piperidine rings is 1. The molecule has 0 spiro atoms. The summed E-state index contributed by atoms with van der Waals surface area (Å²) < 4.78 is 5.74. The molecule has 0 radical (unpaired) electrons. The van der Waals surface area contributed by atoms with Crippen LogP contribution in [0.4, 0.5) is 0 Å². The van der Waals surface area contributed by atoms with E-state index in [9.17, 15) is 0 Å². The van der Waals surface area contributed by atoms with Crippen LogP contribution < -0.4 is 5.32 Å². The lowest BCUT2D eigenvalue weighted by Crippen LogP contribution is -2.48. The number of fused-ring (bicyclic) bond motifs is 1. The van der Waals surface area contributed by atoms with Gasteiger partial charge in [-0.2, -0.15) is 0 Å². The van der Waals surface area contributed by atoms with E-state index in [1.165, 1.54) is 51.9 Å². The number of hydrogen-bond donors (Lipinski definition) is 1. The average molecular weight is 210 g/mol. The van der Waals surface area contributed by atoms with E-state index in [1.54, 1.807) is 0 Å². The van der Waals surface area contributed by atoms with Crippen molar-refractivity contribution in [2.75, 3.05) is 32.8 Å². The minimum Gasteiger partial charge on any atom is -0.377 e. The Bertz CT molecular complexity index is 216. The van der Waals surface area contributed by atoms with Gasteiger partial charge in [0.05, 0.1) is 6.10 Å². The molecule has 3 heteroatoms. The second kappa shape index (κ2) is 4.40. The SMILES string of the molecule is C1COC(CN2CCCC3CNCC32)C1. The van der Waals surface area contributed by atoms with Gasteiger partial charge < -0.3 is 10.1 Å². The van der Waals surface area contributed by atoms with Gasteiger partial charge in [-0.25, -0.2) is 0 Å². The molecular formula is C12H22N2O. The monoisotopic (exact) mass is 210 g/mol. The number of nitrogens with one attached hydrogen (secondary N) is 1. The number of hydrogen-bond acceptors (Lipinski definition) is 3. The van der Waals surface area contributed by atoms with Gasteiger partial charge in [0.25, 0.3) is 0 Å². The van der Waals surface area contributed by atoms with Gasteiger partial charge in [0.1, 0.15) is 0 Å². The highest BCUT2D eigenvalue weighted by atomic mass is 16.5. The lowest BCUT2D eigenvalue weighted by atomic mass is 9.92. The van der Waals surface area contributed by atoms with Crippen molar-refractivity contribution in [1.29, 1.82) is 0 Å². The molecule has 3 rings (SSSR count). The lowest BCUT2D eigenvalue weighted by Gasteiger charge is -2.38. The van der Waals surface area contributed by atoms with Crippen molar-refractivity contribution in [3.05, 3.63) is 0 Å². The van der Waals surface area contributed by atoms with Crippen molar-refractivity contribution in [3.63, 3.8) is 0 Å². The summed E-state index contributed by atoms with van der Waals surface area (Å²) in [6, 6.07) is 0.808. The summed E-state index contributed by atoms with van der Waals surface area (Å²) in [5.41, 5.74) is 0. The van der Waals surface area contributed by atoms with Gasteiger partial charge in [-0.1, -0.05) is 0 Å². The standard InChI is InChI=1S/C12H22N2O/c1-3-10-7-13-8-12(10)14(5-1)9-11-4-2-6-15-11/h10-13H,1-9H2. The molecule has 3 fully saturated rings. The van der Waals surface area contributed by atoms with E-state index in [1.807, 2.05) is 0 Å². The Kier molecular flexibility index (Phi) is 2.95. The first-order valence-electron chi connectivity index (χ1n) is 6.50. The van der Waals surface area contributed by atoms with E-state index in [0.717, 1.165) is 18.6 Å². The van der Waals surface area contributed by atoms with Gasteiger partial charge in [-0.15, -0.1) is 0 Å². The third-order valence-corrected chi connectivity index (χ3v) is 4.26. The van der Waals surface area contributed by atoms with Crippen LogP contribution in [-0.4, -0.2) is 49.8 Å². The van der Waals surface area contributed by atoms with E-state index >= 15 is 0 Å². The molecule has 86 valence electrons. The highest BCUT2D eigenvalue weighted by Crippen LogP contribution is 2.27. The fourth-order valence-corrected chi connectivity index (χ4v) is 3.44. The molecule has 1 N–H and O–H groups in total. The Hall–Kier alpha value is -0.120. The number of rotatable bonds is 2. The van der Waals surface area contributed by atoms with Crippen LogP contribution in [0.15, 0.2) is 0 Å². The van der Waals surface area contributed by atoms with Crippen molar-refractivity contribution in [2.24, 2.45) is 5.92 Å². The molecule has 3 aliphatic rings. The summed E-state index contributed by atoms with van der Waals surface area (Å²) in [7, 11) is 0. The lowest BCUT2D eigenvalue weighted by molar-refractivity contribution is 0.0376. The first-order chi connectivity index (χ1) is 7.43. The fraction of sp³-hybridized carbons (Fsp3) is 1.00. The number of ether oxygens (including phenoxy) is 1. The van der Waals surface area contributed by atoms with Crippen LogP contribution >= 0.6 is 0 Å². The van der Waals surface area contributed by atoms with Crippen molar-refractivity contribution in [2.45, 2.75) is 37.8 Å². The number of likely N-dealkylation sites (tertiary alicyclic amines) is 1. The van der Waals surface area contributed by atoms with Crippen LogP contribution in [0, 0.1) is 5.92 Å². The van der Waals surface area contributed by atoms with Crippen LogP contribution in [0.1, 0.15) is 25.7 Å². The fourth-order valence-electron chi connectivity index (χ4n) is 3.44. The molecule has 3 atom stereocenters. The summed E-state index contributed by atoms with van der Waals surface area (Å²) in [5.74, 6) is 0.917. The van der Waals surface area contributed by atoms with E-state index < -0.39 is 0 Å². The molecule has 0 aromatic rings. The molecular weight excluding hydrogens is 188 g/mol. The molecule has 0 saturated carbocycles. The molecule has 0 bridgehead atoms. The molecule has 15 heavy (non-hydrogen) atoms. The highest BCUT2D eigenvalue weighted by molar-refractivity contribution is 4.92. The largest absolute Gasteiger partial charge is 0.377 e. The summed E-state index contributed by atoms with van der Waals surface area (Å²) >= 11 is 0. The van der Waals surface area contributed by atoms with E-state index in [2.05, 4.69) is 10.2 Å². The van der Waals surface area contributed by atoms with Crippen LogP contribution in [0.25, 0.3) is 0 Å². The number of nitrogens with zero attached hydrogens (tertiary/aromatic N) is 1. The summed E-state index contributed by atoms with van der Waals surface area (Å²) in [4.78, 5) is 2.68. The molecule has 3 saturated heterocycles. The quantitative estimate of drug-likeness (QED) is 0.731. The Morgan fingerprint density at radius 3 is 3.07 bits per heavy atom. The summed E-state index contributed by atoms with van der Waals surface area (Å²) in [6.45, 7) is 5.92. The van der Waals surface area contributed by atoms with E-state index in [4.69, 9.17) is 4.74 Å². The molecule has 3 aliphatic heterocycles. The van der Waals surface area contributed by atoms with Gasteiger partial charge in [-0.05, 0) is 44.7 Å². The van der Waals surface area contributed by atoms with Crippen molar-refractivity contribution < 1.29 is 4.74 Å². The Morgan fingerprint density at radius 1 is 1.20 bits per heavy atom. The molecule has 0 amide bonds. The zero-order chi connectivity index (χ0) is 10.1. The maximum Gasteiger partial charge on any atom is 0.0702 e. The zero-order valence-corrected chi connectivity index (χ0v) is 9.45. The third kappa shape index (κ3) is 2.05. The van der Waals surface area contributed by atoms with Crippen LogP contribution in [0.3, 0.4) is 0 Å². The molecule has 3 nitrogen and oxygen atoms in total. The second-order valence-electron chi connectivity index (χ2n) is 5.26. The van der Waals surface area contributed by atoms with Gasteiger partial charge in [-0.3, -0.25) is 4.90 Å². The zero-order valence-electron chi connectivity index (χ0n) is 9.45. The predicted octanol–water partition coefficient (Wildman–Crippen LogP) is 0.849. The molecule has 0 aliphatic carbocycles. The van der Waals surface area contributed by atoms with Crippen molar-refractivity contribution >= 4 is 0 Å². The third-order valence-electron chi connectivity index (χ3n) is 4.26. The molecule has 3 heterocycles. The van der Waals surface area contributed by atoms with Crippen molar-refractivity contribution in [1.82, 2.24) is 10.2 Å². The Labute approximate surface area is 92.2 Å². The highest BCUT2D eigenvalue weighted by Gasteiger charge is 2.36. The Morgan fingerprint density at radius 2 is 2.20 bits per heavy atom. The maximum atomic E-state index is 5.74. The van der Waals surface area contributed by atoms with Crippen LogP contribution in [-0.2, 0) is 4.74 Å². The minimum atomic E-state index is 0.532. The van der Waals surface area contributed by atoms with Crippen LogP contribution in [0.2, 0.25) is 0 Å².